The number of rotatable bonds is 2. The molecular weight excluding hydrogens is 302 g/mol. The number of H-pyrrole nitrogens is 1. The molecule has 0 aliphatic carbocycles. The van der Waals surface area contributed by atoms with E-state index in [0.29, 0.717) is 10.2 Å². The van der Waals surface area contributed by atoms with E-state index in [-0.39, 0.29) is 11.6 Å². The molecule has 4 nitrogen and oxygen atoms in total. The molecule has 1 atom stereocenters. The van der Waals surface area contributed by atoms with Crippen LogP contribution in [0.15, 0.2) is 29.1 Å². The highest BCUT2D eigenvalue weighted by molar-refractivity contribution is 7.71. The lowest BCUT2D eigenvalue weighted by atomic mass is 10.2. The van der Waals surface area contributed by atoms with Crippen LogP contribution in [0, 0.1) is 18.6 Å². The fourth-order valence-corrected chi connectivity index (χ4v) is 3.90. The molecule has 1 aromatic carbocycles. The van der Waals surface area contributed by atoms with E-state index in [9.17, 15) is 4.79 Å². The molecule has 21 heavy (non-hydrogen) atoms. The zero-order valence-electron chi connectivity index (χ0n) is 12.0. The summed E-state index contributed by atoms with van der Waals surface area (Å²) in [6.45, 7) is 5.92. The van der Waals surface area contributed by atoms with Gasteiger partial charge in [0.25, 0.3) is 5.56 Å². The van der Waals surface area contributed by atoms with Gasteiger partial charge in [0.2, 0.25) is 0 Å². The zero-order valence-corrected chi connectivity index (χ0v) is 13.6. The Balaban J connectivity index is 2.28. The number of aromatic nitrogens is 3. The summed E-state index contributed by atoms with van der Waals surface area (Å²) in [5.74, 6) is 0. The third-order valence-electron chi connectivity index (χ3n) is 3.54. The van der Waals surface area contributed by atoms with E-state index >= 15 is 0 Å². The molecule has 0 saturated carbocycles. The molecule has 0 radical (unpaired) electrons. The fraction of sp³-hybridized carbons (Fsp3) is 0.267. The first-order valence-electron chi connectivity index (χ1n) is 6.66. The number of benzene rings is 1. The summed E-state index contributed by atoms with van der Waals surface area (Å²) in [4.78, 5) is 21.4. The van der Waals surface area contributed by atoms with Crippen LogP contribution in [0.3, 0.4) is 0 Å². The van der Waals surface area contributed by atoms with Crippen molar-refractivity contribution in [3.63, 3.8) is 0 Å². The highest BCUT2D eigenvalue weighted by Gasteiger charge is 2.18. The maximum Gasteiger partial charge on any atom is 0.262 e. The highest BCUT2D eigenvalue weighted by Crippen LogP contribution is 2.27. The van der Waals surface area contributed by atoms with Gasteiger partial charge in [-0.15, -0.1) is 11.3 Å². The van der Waals surface area contributed by atoms with E-state index in [1.54, 1.807) is 15.9 Å². The molecule has 0 amide bonds. The lowest BCUT2D eigenvalue weighted by Crippen LogP contribution is -2.25. The largest absolute Gasteiger partial charge is 0.332 e. The van der Waals surface area contributed by atoms with Gasteiger partial charge in [-0.3, -0.25) is 9.36 Å². The third kappa shape index (κ3) is 2.34. The summed E-state index contributed by atoms with van der Waals surface area (Å²) >= 11 is 6.99. The number of hydrogen-bond acceptors (Lipinski definition) is 4. The number of aromatic amines is 1. The van der Waals surface area contributed by atoms with Crippen molar-refractivity contribution in [1.82, 2.24) is 14.5 Å². The van der Waals surface area contributed by atoms with E-state index in [4.69, 9.17) is 12.2 Å². The number of thiazole rings is 1. The topological polar surface area (TPSA) is 50.7 Å². The SMILES string of the molecule is Cc1nc(C)c(C(C)n2c(=S)[nH]c3ccccc3c2=O)s1. The standard InChI is InChI=1S/C15H15N3OS2/c1-8-13(21-10(3)16-8)9(2)18-14(19)11-6-4-5-7-12(11)17-15(18)20/h4-7,9H,1-3H3,(H,17,20). The second-order valence-electron chi connectivity index (χ2n) is 5.01. The van der Waals surface area contributed by atoms with Crippen molar-refractivity contribution >= 4 is 34.5 Å². The summed E-state index contributed by atoms with van der Waals surface area (Å²) in [5.41, 5.74) is 1.67. The Kier molecular flexibility index (Phi) is 3.51. The van der Waals surface area contributed by atoms with Crippen molar-refractivity contribution in [3.05, 3.63) is 55.0 Å². The quantitative estimate of drug-likeness (QED) is 0.733. The smallest absolute Gasteiger partial charge is 0.262 e. The van der Waals surface area contributed by atoms with E-state index < -0.39 is 0 Å². The average molecular weight is 317 g/mol. The van der Waals surface area contributed by atoms with E-state index in [1.165, 1.54) is 0 Å². The molecule has 6 heteroatoms. The predicted octanol–water partition coefficient (Wildman–Crippen LogP) is 3.74. The van der Waals surface area contributed by atoms with Gasteiger partial charge in [-0.2, -0.15) is 0 Å². The van der Waals surface area contributed by atoms with Crippen LogP contribution in [0.1, 0.15) is 28.5 Å². The Bertz CT molecular complexity index is 936. The van der Waals surface area contributed by atoms with Gasteiger partial charge in [0, 0.05) is 0 Å². The van der Waals surface area contributed by atoms with Crippen LogP contribution in [0.2, 0.25) is 0 Å². The lowest BCUT2D eigenvalue weighted by Gasteiger charge is -2.15. The number of nitrogens with zero attached hydrogens (tertiary/aromatic N) is 2. The first-order chi connectivity index (χ1) is 9.99. The van der Waals surface area contributed by atoms with Crippen LogP contribution >= 0.6 is 23.6 Å². The summed E-state index contributed by atoms with van der Waals surface area (Å²) in [6, 6.07) is 7.30. The van der Waals surface area contributed by atoms with E-state index in [1.807, 2.05) is 45.0 Å². The number of nitrogens with one attached hydrogen (secondary N) is 1. The van der Waals surface area contributed by atoms with Gasteiger partial charge in [-0.1, -0.05) is 12.1 Å². The van der Waals surface area contributed by atoms with Crippen LogP contribution in [-0.4, -0.2) is 14.5 Å². The van der Waals surface area contributed by atoms with Crippen molar-refractivity contribution in [1.29, 1.82) is 0 Å². The molecule has 0 aliphatic rings. The Morgan fingerprint density at radius 2 is 2.05 bits per heavy atom. The molecule has 0 aliphatic heterocycles. The van der Waals surface area contributed by atoms with Gasteiger partial charge in [-0.25, -0.2) is 4.98 Å². The summed E-state index contributed by atoms with van der Waals surface area (Å²) in [7, 11) is 0. The van der Waals surface area contributed by atoms with Crippen LogP contribution < -0.4 is 5.56 Å². The molecule has 2 heterocycles. The molecule has 0 saturated heterocycles. The third-order valence-corrected chi connectivity index (χ3v) is 5.08. The van der Waals surface area contributed by atoms with Crippen molar-refractivity contribution in [2.24, 2.45) is 0 Å². The van der Waals surface area contributed by atoms with E-state index in [0.717, 1.165) is 21.1 Å². The molecule has 3 rings (SSSR count). The van der Waals surface area contributed by atoms with Crippen molar-refractivity contribution in [2.75, 3.05) is 0 Å². The minimum Gasteiger partial charge on any atom is -0.332 e. The van der Waals surface area contributed by atoms with Crippen LogP contribution in [-0.2, 0) is 0 Å². The molecule has 0 bridgehead atoms. The normalized spacial score (nSPS) is 12.7. The van der Waals surface area contributed by atoms with Crippen LogP contribution in [0.4, 0.5) is 0 Å². The number of para-hydroxylation sites is 1. The van der Waals surface area contributed by atoms with Crippen molar-refractivity contribution in [2.45, 2.75) is 26.8 Å². The molecule has 2 aromatic heterocycles. The number of hydrogen-bond donors (Lipinski definition) is 1. The maximum atomic E-state index is 12.7. The molecular formula is C15H15N3OS2. The monoisotopic (exact) mass is 317 g/mol. The molecule has 108 valence electrons. The first-order valence-corrected chi connectivity index (χ1v) is 7.89. The van der Waals surface area contributed by atoms with Gasteiger partial charge in [-0.05, 0) is 45.1 Å². The Morgan fingerprint density at radius 3 is 2.71 bits per heavy atom. The molecule has 3 aromatic rings. The predicted molar refractivity (Wildman–Crippen MR) is 88.8 cm³/mol. The molecule has 1 unspecified atom stereocenters. The summed E-state index contributed by atoms with van der Waals surface area (Å²) in [6.07, 6.45) is 0. The van der Waals surface area contributed by atoms with E-state index in [2.05, 4.69) is 9.97 Å². The van der Waals surface area contributed by atoms with Gasteiger partial charge in [0.05, 0.1) is 32.5 Å². The lowest BCUT2D eigenvalue weighted by molar-refractivity contribution is 0.605. The zero-order chi connectivity index (χ0) is 15.1. The second-order valence-corrected chi connectivity index (χ2v) is 6.63. The maximum absolute atomic E-state index is 12.7. The minimum absolute atomic E-state index is 0.0627. The Morgan fingerprint density at radius 1 is 1.33 bits per heavy atom. The van der Waals surface area contributed by atoms with Gasteiger partial charge in [0.1, 0.15) is 0 Å². The van der Waals surface area contributed by atoms with Crippen LogP contribution in [0.25, 0.3) is 10.9 Å². The minimum atomic E-state index is -0.128. The van der Waals surface area contributed by atoms with Gasteiger partial charge in [0.15, 0.2) is 4.77 Å². The number of fused-ring (bicyclic) bond motifs is 1. The summed E-state index contributed by atoms with van der Waals surface area (Å²) < 4.78 is 2.08. The Hall–Kier alpha value is -1.79. The van der Waals surface area contributed by atoms with Gasteiger partial charge < -0.3 is 4.98 Å². The molecule has 0 spiro atoms. The van der Waals surface area contributed by atoms with Crippen molar-refractivity contribution in [3.8, 4) is 0 Å². The molecule has 1 N–H and O–H groups in total. The fourth-order valence-electron chi connectivity index (χ4n) is 2.58. The van der Waals surface area contributed by atoms with Crippen LogP contribution in [0.5, 0.6) is 0 Å². The second kappa shape index (κ2) is 5.20. The molecule has 0 fully saturated rings. The van der Waals surface area contributed by atoms with Gasteiger partial charge >= 0.3 is 0 Å². The van der Waals surface area contributed by atoms with Crippen molar-refractivity contribution < 1.29 is 0 Å². The highest BCUT2D eigenvalue weighted by atomic mass is 32.1. The Labute approximate surface area is 131 Å². The first kappa shape index (κ1) is 14.2. The average Bonchev–Trinajstić information content (AvgIpc) is 2.77. The number of aryl methyl sites for hydroxylation is 2. The summed E-state index contributed by atoms with van der Waals surface area (Å²) in [5, 5.41) is 1.65.